The number of halogens is 3. The normalized spacial score (nSPS) is 12.8. The van der Waals surface area contributed by atoms with Crippen LogP contribution in [-0.2, 0) is 32.0 Å². The fourth-order valence-electron chi connectivity index (χ4n) is 4.64. The summed E-state index contributed by atoms with van der Waals surface area (Å²) >= 11 is 0. The number of ether oxygens (including phenoxy) is 2. The van der Waals surface area contributed by atoms with E-state index < -0.39 is 60.4 Å². The molecule has 0 bridgehead atoms. The predicted molar refractivity (Wildman–Crippen MR) is 176 cm³/mol. The van der Waals surface area contributed by atoms with E-state index in [9.17, 15) is 37.5 Å². The van der Waals surface area contributed by atoms with Gasteiger partial charge in [-0.3, -0.25) is 19.2 Å². The molecular formula is C35H42F3N3O8. The number of nitrogens with one attached hydrogen (secondary N) is 3. The van der Waals surface area contributed by atoms with Gasteiger partial charge in [0.25, 0.3) is 0 Å². The van der Waals surface area contributed by atoms with Crippen LogP contribution in [0.25, 0.3) is 0 Å². The number of aliphatic hydroxyl groups excluding tert-OH is 1. The monoisotopic (exact) mass is 689 g/mol. The summed E-state index contributed by atoms with van der Waals surface area (Å²) < 4.78 is 46.9. The van der Waals surface area contributed by atoms with Crippen LogP contribution in [0, 0.1) is 5.92 Å². The maximum Gasteiger partial charge on any atom is 0.573 e. The average molecular weight is 690 g/mol. The number of para-hydroxylation sites is 1. The Kier molecular flexibility index (Phi) is 16.1. The van der Waals surface area contributed by atoms with Crippen LogP contribution < -0.4 is 25.4 Å². The van der Waals surface area contributed by atoms with Gasteiger partial charge in [-0.15, -0.1) is 13.2 Å². The first-order valence-corrected chi connectivity index (χ1v) is 15.4. The Morgan fingerprint density at radius 3 is 2.04 bits per heavy atom. The van der Waals surface area contributed by atoms with Crippen molar-refractivity contribution in [2.45, 2.75) is 71.0 Å². The highest BCUT2D eigenvalue weighted by Crippen LogP contribution is 2.29. The molecule has 0 radical (unpaired) electrons. The van der Waals surface area contributed by atoms with Gasteiger partial charge in [0.1, 0.15) is 17.5 Å². The van der Waals surface area contributed by atoms with E-state index in [0.717, 1.165) is 23.4 Å². The lowest BCUT2D eigenvalue weighted by atomic mass is 9.96. The van der Waals surface area contributed by atoms with Gasteiger partial charge in [0.05, 0.1) is 25.7 Å². The molecular weight excluding hydrogens is 647 g/mol. The molecule has 3 amide bonds. The third kappa shape index (κ3) is 15.6. The van der Waals surface area contributed by atoms with Crippen LogP contribution in [0.1, 0.15) is 44.7 Å². The van der Waals surface area contributed by atoms with E-state index in [1.165, 1.54) is 20.1 Å². The van der Waals surface area contributed by atoms with E-state index in [0.29, 0.717) is 0 Å². The number of carbonyl (C=O) groups excluding carboxylic acids is 3. The molecule has 0 fully saturated rings. The van der Waals surface area contributed by atoms with E-state index in [-0.39, 0.29) is 36.5 Å². The zero-order valence-electron chi connectivity index (χ0n) is 27.6. The van der Waals surface area contributed by atoms with Crippen molar-refractivity contribution in [3.8, 4) is 11.5 Å². The van der Waals surface area contributed by atoms with Gasteiger partial charge in [0, 0.05) is 24.6 Å². The zero-order chi connectivity index (χ0) is 36.6. The Morgan fingerprint density at radius 2 is 1.51 bits per heavy atom. The second-order valence-electron chi connectivity index (χ2n) is 11.3. The molecule has 0 saturated heterocycles. The van der Waals surface area contributed by atoms with Gasteiger partial charge < -0.3 is 35.6 Å². The molecule has 14 heteroatoms. The minimum atomic E-state index is -4.92. The van der Waals surface area contributed by atoms with Crippen molar-refractivity contribution in [1.82, 2.24) is 10.6 Å². The summed E-state index contributed by atoms with van der Waals surface area (Å²) in [5.41, 5.74) is 1.76. The first kappa shape index (κ1) is 40.1. The molecule has 3 aromatic rings. The third-order valence-electron chi connectivity index (χ3n) is 6.94. The summed E-state index contributed by atoms with van der Waals surface area (Å²) in [6.07, 6.45) is -6.67. The second-order valence-corrected chi connectivity index (χ2v) is 11.3. The number of rotatable bonds is 15. The Balaban J connectivity index is 0.000000709. The van der Waals surface area contributed by atoms with Gasteiger partial charge in [-0.25, -0.2) is 0 Å². The molecule has 0 heterocycles. The quantitative estimate of drug-likeness (QED) is 0.151. The van der Waals surface area contributed by atoms with Gasteiger partial charge in [-0.2, -0.15) is 0 Å². The molecule has 0 aromatic heterocycles. The van der Waals surface area contributed by atoms with Gasteiger partial charge >= 0.3 is 12.3 Å². The molecule has 0 aliphatic carbocycles. The molecule has 0 saturated carbocycles. The first-order valence-electron chi connectivity index (χ1n) is 15.4. The number of methoxy groups -OCH3 is 1. The Morgan fingerprint density at radius 1 is 0.898 bits per heavy atom. The van der Waals surface area contributed by atoms with Crippen LogP contribution in [0.2, 0.25) is 0 Å². The van der Waals surface area contributed by atoms with E-state index in [4.69, 9.17) is 9.84 Å². The highest BCUT2D eigenvalue weighted by atomic mass is 19.4. The summed E-state index contributed by atoms with van der Waals surface area (Å²) in [6, 6.07) is 19.8. The van der Waals surface area contributed by atoms with Crippen LogP contribution >= 0.6 is 0 Å². The highest BCUT2D eigenvalue weighted by Gasteiger charge is 2.32. The lowest BCUT2D eigenvalue weighted by Gasteiger charge is -2.28. The van der Waals surface area contributed by atoms with Crippen molar-refractivity contribution in [2.75, 3.05) is 12.4 Å². The summed E-state index contributed by atoms with van der Waals surface area (Å²) in [5.74, 6) is -3.15. The number of anilines is 1. The van der Waals surface area contributed by atoms with Crippen LogP contribution in [-0.4, -0.2) is 65.6 Å². The van der Waals surface area contributed by atoms with Crippen molar-refractivity contribution in [3.63, 3.8) is 0 Å². The molecule has 3 atom stereocenters. The molecule has 266 valence electrons. The van der Waals surface area contributed by atoms with Crippen LogP contribution in [0.3, 0.4) is 0 Å². The molecule has 3 unspecified atom stereocenters. The average Bonchev–Trinajstić information content (AvgIpc) is 3.02. The van der Waals surface area contributed by atoms with E-state index in [1.807, 2.05) is 36.4 Å². The summed E-state index contributed by atoms with van der Waals surface area (Å²) in [7, 11) is 1.30. The molecule has 11 nitrogen and oxygen atoms in total. The van der Waals surface area contributed by atoms with Crippen molar-refractivity contribution < 1.29 is 52.0 Å². The Bertz CT molecular complexity index is 1500. The molecule has 0 spiro atoms. The SMILES string of the molecule is CC(=O)Nc1ccccc1.COc1ccc(OC(F)(F)F)cc1CC(=O)NC(C(=O)NC(Cc1ccccc1)C(O)CCC(=O)O)C(C)C. The largest absolute Gasteiger partial charge is 0.573 e. The summed E-state index contributed by atoms with van der Waals surface area (Å²) in [4.78, 5) is 47.6. The molecule has 49 heavy (non-hydrogen) atoms. The minimum absolute atomic E-state index is 0.0359. The highest BCUT2D eigenvalue weighted by molar-refractivity contribution is 5.89. The number of alkyl halides is 3. The number of carboxylic acids is 1. The standard InChI is InChI=1S/C27H33F3N2O7.C8H9NO/c1-16(2)25(32-23(34)15-18-14-19(39-27(28,29)30)9-11-22(18)38-3)26(37)31-20(21(33)10-12-24(35)36)13-17-7-5-4-6-8-17;1-7(10)9-8-5-3-2-4-6-8/h4-9,11,14,16,20-21,25,33H,10,12-13,15H2,1-3H3,(H,31,37)(H,32,34)(H,35,36);2-6H,1H3,(H,9,10). The summed E-state index contributed by atoms with van der Waals surface area (Å²) in [6.45, 7) is 4.87. The van der Waals surface area contributed by atoms with Gasteiger partial charge in [-0.05, 0) is 54.7 Å². The maximum absolute atomic E-state index is 13.2. The predicted octanol–water partition coefficient (Wildman–Crippen LogP) is 4.88. The number of carbonyl (C=O) groups is 4. The van der Waals surface area contributed by atoms with Crippen molar-refractivity contribution in [2.24, 2.45) is 5.92 Å². The first-order chi connectivity index (χ1) is 23.1. The number of carboxylic acid groups (broad SMARTS) is 1. The fourth-order valence-corrected chi connectivity index (χ4v) is 4.64. The number of aliphatic carboxylic acids is 1. The van der Waals surface area contributed by atoms with Crippen LogP contribution in [0.4, 0.5) is 18.9 Å². The minimum Gasteiger partial charge on any atom is -0.496 e. The Hall–Kier alpha value is -5.11. The number of benzene rings is 3. The van der Waals surface area contributed by atoms with Gasteiger partial charge in [0.15, 0.2) is 0 Å². The number of hydrogen-bond donors (Lipinski definition) is 5. The van der Waals surface area contributed by atoms with E-state index >= 15 is 0 Å². The fraction of sp³-hybridized carbons (Fsp3) is 0.371. The molecule has 3 rings (SSSR count). The lowest BCUT2D eigenvalue weighted by Crippen LogP contribution is -2.55. The van der Waals surface area contributed by atoms with Gasteiger partial charge in [0.2, 0.25) is 17.7 Å². The van der Waals surface area contributed by atoms with Crippen LogP contribution in [0.5, 0.6) is 11.5 Å². The smallest absolute Gasteiger partial charge is 0.496 e. The lowest BCUT2D eigenvalue weighted by molar-refractivity contribution is -0.274. The van der Waals surface area contributed by atoms with Gasteiger partial charge in [-0.1, -0.05) is 62.4 Å². The summed E-state index contributed by atoms with van der Waals surface area (Å²) in [5, 5.41) is 27.6. The topological polar surface area (TPSA) is 163 Å². The number of aliphatic hydroxyl groups is 1. The van der Waals surface area contributed by atoms with Crippen molar-refractivity contribution in [1.29, 1.82) is 0 Å². The molecule has 5 N–H and O–H groups in total. The van der Waals surface area contributed by atoms with Crippen molar-refractivity contribution in [3.05, 3.63) is 90.0 Å². The maximum atomic E-state index is 13.2. The van der Waals surface area contributed by atoms with E-state index in [1.54, 1.807) is 38.1 Å². The second kappa shape index (κ2) is 19.6. The van der Waals surface area contributed by atoms with Crippen molar-refractivity contribution >= 4 is 29.4 Å². The van der Waals surface area contributed by atoms with Crippen LogP contribution in [0.15, 0.2) is 78.9 Å². The molecule has 3 aromatic carbocycles. The zero-order valence-corrected chi connectivity index (χ0v) is 27.6. The Labute approximate surface area is 282 Å². The van der Waals surface area contributed by atoms with E-state index in [2.05, 4.69) is 20.7 Å². The number of amides is 3. The number of hydrogen-bond acceptors (Lipinski definition) is 7. The molecule has 0 aliphatic rings. The third-order valence-corrected chi connectivity index (χ3v) is 6.94. The molecule has 0 aliphatic heterocycles.